The summed E-state index contributed by atoms with van der Waals surface area (Å²) < 4.78 is 5.33. The number of rotatable bonds is 4. The number of ether oxygens (including phenoxy) is 1. The van der Waals surface area contributed by atoms with E-state index in [0.717, 1.165) is 56.0 Å². The number of fused-ring (bicyclic) bond motifs is 1. The number of guanidine groups is 1. The molecule has 1 amide bonds. The van der Waals surface area contributed by atoms with E-state index in [1.165, 1.54) is 0 Å². The lowest BCUT2D eigenvalue weighted by Crippen LogP contribution is -2.43. The number of aliphatic imine (C=N–C) groups is 1. The van der Waals surface area contributed by atoms with Gasteiger partial charge in [-0.2, -0.15) is 0 Å². The smallest absolute Gasteiger partial charge is 0.276 e. The van der Waals surface area contributed by atoms with Crippen molar-refractivity contribution in [2.45, 2.75) is 0 Å². The molecule has 2 aromatic rings. The average Bonchev–Trinajstić information content (AvgIpc) is 3.20. The molecule has 8 nitrogen and oxygen atoms in total. The monoisotopic (exact) mass is 340 g/mol. The van der Waals surface area contributed by atoms with E-state index >= 15 is 0 Å². The van der Waals surface area contributed by atoms with Gasteiger partial charge in [-0.15, -0.1) is 0 Å². The van der Waals surface area contributed by atoms with Gasteiger partial charge >= 0.3 is 0 Å². The molecular formula is C17H20N6O2. The summed E-state index contributed by atoms with van der Waals surface area (Å²) in [5.41, 5.74) is 2.07. The first kappa shape index (κ1) is 15.8. The van der Waals surface area contributed by atoms with Crippen molar-refractivity contribution in [1.29, 1.82) is 0 Å². The highest BCUT2D eigenvalue weighted by Crippen LogP contribution is 2.20. The molecule has 8 heteroatoms. The Bertz CT molecular complexity index is 835. The molecule has 4 heterocycles. The molecule has 25 heavy (non-hydrogen) atoms. The first-order valence-corrected chi connectivity index (χ1v) is 8.37. The molecule has 0 unspecified atom stereocenters. The van der Waals surface area contributed by atoms with Crippen LogP contribution in [0.3, 0.4) is 0 Å². The minimum atomic E-state index is -0.202. The van der Waals surface area contributed by atoms with Crippen molar-refractivity contribution >= 4 is 29.0 Å². The van der Waals surface area contributed by atoms with Crippen LogP contribution in [-0.4, -0.2) is 66.1 Å². The first-order chi connectivity index (χ1) is 12.3. The van der Waals surface area contributed by atoms with Crippen LogP contribution in [0.5, 0.6) is 0 Å². The van der Waals surface area contributed by atoms with Gasteiger partial charge in [-0.05, 0) is 18.2 Å². The zero-order valence-electron chi connectivity index (χ0n) is 13.8. The molecule has 130 valence electrons. The fourth-order valence-electron chi connectivity index (χ4n) is 2.95. The van der Waals surface area contributed by atoms with Crippen molar-refractivity contribution < 1.29 is 9.53 Å². The van der Waals surface area contributed by atoms with Crippen LogP contribution in [0, 0.1) is 0 Å². The summed E-state index contributed by atoms with van der Waals surface area (Å²) in [7, 11) is 0. The number of carbonyl (C=O) groups is 1. The maximum absolute atomic E-state index is 12.1. The number of hydrogen-bond acceptors (Lipinski definition) is 6. The summed E-state index contributed by atoms with van der Waals surface area (Å²) in [6, 6.07) is 3.83. The predicted molar refractivity (Wildman–Crippen MR) is 94.9 cm³/mol. The van der Waals surface area contributed by atoms with Crippen molar-refractivity contribution in [2.24, 2.45) is 4.99 Å². The second-order valence-corrected chi connectivity index (χ2v) is 5.97. The first-order valence-electron chi connectivity index (χ1n) is 8.37. The van der Waals surface area contributed by atoms with Gasteiger partial charge in [0.15, 0.2) is 0 Å². The quantitative estimate of drug-likeness (QED) is 0.697. The fraction of sp³-hybridized carbons (Fsp3) is 0.353. The largest absolute Gasteiger partial charge is 0.379 e. The number of amides is 1. The third-order valence-electron chi connectivity index (χ3n) is 4.30. The number of carbonyl (C=O) groups excluding carboxylic acids is 1. The minimum absolute atomic E-state index is 0.202. The van der Waals surface area contributed by atoms with E-state index in [4.69, 9.17) is 4.74 Å². The molecule has 4 rings (SSSR count). The Balaban J connectivity index is 1.41. The van der Waals surface area contributed by atoms with Gasteiger partial charge in [0, 0.05) is 49.5 Å². The van der Waals surface area contributed by atoms with Crippen molar-refractivity contribution in [2.75, 3.05) is 39.4 Å². The van der Waals surface area contributed by atoms with Crippen molar-refractivity contribution in [3.05, 3.63) is 35.8 Å². The number of nitrogens with one attached hydrogen (secondary N) is 3. The molecule has 1 saturated heterocycles. The predicted octanol–water partition coefficient (Wildman–Crippen LogP) is 0.311. The Morgan fingerprint density at radius 1 is 1.36 bits per heavy atom. The highest BCUT2D eigenvalue weighted by molar-refractivity contribution is 6.14. The van der Waals surface area contributed by atoms with Gasteiger partial charge in [0.2, 0.25) is 5.96 Å². The van der Waals surface area contributed by atoms with E-state index in [2.05, 4.69) is 30.5 Å². The van der Waals surface area contributed by atoms with Crippen LogP contribution < -0.4 is 10.6 Å². The topological polar surface area (TPSA) is 94.6 Å². The summed E-state index contributed by atoms with van der Waals surface area (Å²) in [5, 5.41) is 6.91. The van der Waals surface area contributed by atoms with Crippen LogP contribution in [0.15, 0.2) is 35.2 Å². The lowest BCUT2D eigenvalue weighted by Gasteiger charge is -2.26. The minimum Gasteiger partial charge on any atom is -0.379 e. The molecule has 0 aliphatic carbocycles. The average molecular weight is 340 g/mol. The highest BCUT2D eigenvalue weighted by atomic mass is 16.5. The summed E-state index contributed by atoms with van der Waals surface area (Å²) >= 11 is 0. The van der Waals surface area contributed by atoms with Crippen LogP contribution in [0.2, 0.25) is 0 Å². The number of H-pyrrole nitrogens is 1. The van der Waals surface area contributed by atoms with Gasteiger partial charge in [0.25, 0.3) is 5.91 Å². The molecule has 0 bridgehead atoms. The van der Waals surface area contributed by atoms with Crippen LogP contribution in [0.25, 0.3) is 17.1 Å². The Morgan fingerprint density at radius 2 is 2.24 bits per heavy atom. The van der Waals surface area contributed by atoms with Gasteiger partial charge in [0.05, 0.1) is 13.2 Å². The fourth-order valence-corrected chi connectivity index (χ4v) is 2.95. The summed E-state index contributed by atoms with van der Waals surface area (Å²) in [6.45, 7) is 5.07. The molecule has 0 saturated carbocycles. The second kappa shape index (κ2) is 7.04. The highest BCUT2D eigenvalue weighted by Gasteiger charge is 2.20. The van der Waals surface area contributed by atoms with Gasteiger partial charge in [0.1, 0.15) is 11.3 Å². The van der Waals surface area contributed by atoms with Crippen LogP contribution >= 0.6 is 0 Å². The Morgan fingerprint density at radius 3 is 3.12 bits per heavy atom. The number of hydrogen-bond donors (Lipinski definition) is 3. The van der Waals surface area contributed by atoms with Gasteiger partial charge in [-0.1, -0.05) is 0 Å². The zero-order chi connectivity index (χ0) is 17.1. The Kier molecular flexibility index (Phi) is 4.45. The molecule has 2 aromatic heterocycles. The molecule has 1 fully saturated rings. The number of aromatic amines is 1. The molecule has 2 aliphatic heterocycles. The number of aromatic nitrogens is 2. The normalized spacial score (nSPS) is 20.1. The number of pyridine rings is 1. The Labute approximate surface area is 145 Å². The SMILES string of the molecule is O=C1NC(NCCN2CCOCC2)=N/C1=C\c1c[nH]c2ncccc12. The summed E-state index contributed by atoms with van der Waals surface area (Å²) in [5.74, 6) is 0.301. The lowest BCUT2D eigenvalue weighted by atomic mass is 10.2. The lowest BCUT2D eigenvalue weighted by molar-refractivity contribution is -0.115. The van der Waals surface area contributed by atoms with Gasteiger partial charge in [-0.3, -0.25) is 15.0 Å². The van der Waals surface area contributed by atoms with Crippen molar-refractivity contribution in [3.63, 3.8) is 0 Å². The van der Waals surface area contributed by atoms with E-state index < -0.39 is 0 Å². The van der Waals surface area contributed by atoms with E-state index in [1.54, 1.807) is 12.3 Å². The summed E-state index contributed by atoms with van der Waals surface area (Å²) in [4.78, 5) is 26.1. The zero-order valence-corrected chi connectivity index (χ0v) is 13.8. The molecule has 3 N–H and O–H groups in total. The standard InChI is InChI=1S/C17H20N6O2/c24-16-14(10-12-11-20-15-13(12)2-1-3-18-15)21-17(22-16)19-4-5-23-6-8-25-9-7-23/h1-3,10-11H,4-9H2,(H,18,20)(H2,19,21,22,24)/b14-10-. The van der Waals surface area contributed by atoms with Crippen LogP contribution in [0.1, 0.15) is 5.56 Å². The van der Waals surface area contributed by atoms with Crippen molar-refractivity contribution in [1.82, 2.24) is 25.5 Å². The van der Waals surface area contributed by atoms with E-state index in [1.807, 2.05) is 18.3 Å². The molecule has 0 aromatic carbocycles. The Hall–Kier alpha value is -2.71. The molecule has 0 spiro atoms. The second-order valence-electron chi connectivity index (χ2n) is 5.97. The van der Waals surface area contributed by atoms with E-state index in [9.17, 15) is 4.79 Å². The molecule has 2 aliphatic rings. The molecule has 0 radical (unpaired) electrons. The number of nitrogens with zero attached hydrogens (tertiary/aromatic N) is 3. The van der Waals surface area contributed by atoms with Crippen LogP contribution in [-0.2, 0) is 9.53 Å². The van der Waals surface area contributed by atoms with Gasteiger partial charge in [-0.25, -0.2) is 9.98 Å². The molecular weight excluding hydrogens is 320 g/mol. The third kappa shape index (κ3) is 3.54. The van der Waals surface area contributed by atoms with Crippen LogP contribution in [0.4, 0.5) is 0 Å². The third-order valence-corrected chi connectivity index (χ3v) is 4.30. The van der Waals surface area contributed by atoms with Gasteiger partial charge < -0.3 is 15.0 Å². The van der Waals surface area contributed by atoms with E-state index in [0.29, 0.717) is 11.7 Å². The maximum atomic E-state index is 12.1. The van der Waals surface area contributed by atoms with E-state index in [-0.39, 0.29) is 5.91 Å². The number of morpholine rings is 1. The summed E-state index contributed by atoms with van der Waals surface area (Å²) in [6.07, 6.45) is 5.33. The maximum Gasteiger partial charge on any atom is 0.276 e. The molecule has 0 atom stereocenters. The van der Waals surface area contributed by atoms with Crippen molar-refractivity contribution in [3.8, 4) is 0 Å².